The van der Waals surface area contributed by atoms with E-state index in [0.717, 1.165) is 19.3 Å². The third-order valence-electron chi connectivity index (χ3n) is 3.41. The first-order valence-electron chi connectivity index (χ1n) is 6.35. The Morgan fingerprint density at radius 3 is 2.58 bits per heavy atom. The maximum atomic E-state index is 12.0. The SMILES string of the molecule is Cc1nc(C(=O)NC2(CC(=O)O)CCCCC2)no1. The zero-order valence-electron chi connectivity index (χ0n) is 10.8. The molecule has 1 aliphatic rings. The van der Waals surface area contributed by atoms with Crippen molar-refractivity contribution < 1.29 is 19.2 Å². The van der Waals surface area contributed by atoms with E-state index in [1.165, 1.54) is 0 Å². The Kier molecular flexibility index (Phi) is 3.82. The van der Waals surface area contributed by atoms with Gasteiger partial charge in [0.1, 0.15) is 0 Å². The lowest BCUT2D eigenvalue weighted by Gasteiger charge is -2.36. The Labute approximate surface area is 110 Å². The Bertz CT molecular complexity index is 477. The van der Waals surface area contributed by atoms with Crippen molar-refractivity contribution in [3.8, 4) is 0 Å². The van der Waals surface area contributed by atoms with Gasteiger partial charge in [-0.1, -0.05) is 24.4 Å². The number of hydrogen-bond donors (Lipinski definition) is 2. The van der Waals surface area contributed by atoms with E-state index in [1.54, 1.807) is 6.92 Å². The molecule has 1 fully saturated rings. The van der Waals surface area contributed by atoms with Gasteiger partial charge < -0.3 is 14.9 Å². The van der Waals surface area contributed by atoms with Gasteiger partial charge >= 0.3 is 5.97 Å². The highest BCUT2D eigenvalue weighted by Crippen LogP contribution is 2.31. The van der Waals surface area contributed by atoms with Crippen LogP contribution in [-0.2, 0) is 4.79 Å². The fourth-order valence-electron chi connectivity index (χ4n) is 2.55. The van der Waals surface area contributed by atoms with Crippen molar-refractivity contribution in [3.05, 3.63) is 11.7 Å². The zero-order chi connectivity index (χ0) is 13.9. The summed E-state index contributed by atoms with van der Waals surface area (Å²) in [5, 5.41) is 15.4. The van der Waals surface area contributed by atoms with Crippen molar-refractivity contribution in [2.75, 3.05) is 0 Å². The monoisotopic (exact) mass is 267 g/mol. The largest absolute Gasteiger partial charge is 0.481 e. The third kappa shape index (κ3) is 3.30. The standard InChI is InChI=1S/C12H17N3O4/c1-8-13-10(15-19-8)11(18)14-12(7-9(16)17)5-3-2-4-6-12/h2-7H2,1H3,(H,14,18)(H,16,17). The van der Waals surface area contributed by atoms with E-state index in [9.17, 15) is 9.59 Å². The number of carboxylic acids is 1. The summed E-state index contributed by atoms with van der Waals surface area (Å²) in [7, 11) is 0. The number of aliphatic carboxylic acids is 1. The highest BCUT2D eigenvalue weighted by molar-refractivity contribution is 5.91. The summed E-state index contributed by atoms with van der Waals surface area (Å²) >= 11 is 0. The highest BCUT2D eigenvalue weighted by atomic mass is 16.5. The first-order chi connectivity index (χ1) is 9.01. The molecule has 2 N–H and O–H groups in total. The minimum atomic E-state index is -0.911. The van der Waals surface area contributed by atoms with Gasteiger partial charge in [0.25, 0.3) is 11.7 Å². The van der Waals surface area contributed by atoms with Crippen LogP contribution in [-0.4, -0.2) is 32.7 Å². The molecule has 0 aromatic carbocycles. The van der Waals surface area contributed by atoms with Gasteiger partial charge in [-0.15, -0.1) is 0 Å². The molecule has 104 valence electrons. The average Bonchev–Trinajstić information content (AvgIpc) is 2.76. The van der Waals surface area contributed by atoms with Crippen LogP contribution in [0.5, 0.6) is 0 Å². The van der Waals surface area contributed by atoms with E-state index in [2.05, 4.69) is 15.5 Å². The maximum Gasteiger partial charge on any atom is 0.305 e. The second kappa shape index (κ2) is 5.38. The molecular weight excluding hydrogens is 250 g/mol. The van der Waals surface area contributed by atoms with Crippen LogP contribution < -0.4 is 5.32 Å². The van der Waals surface area contributed by atoms with Crippen LogP contribution in [0.2, 0.25) is 0 Å². The van der Waals surface area contributed by atoms with Gasteiger partial charge in [0.05, 0.1) is 12.0 Å². The second-order valence-corrected chi connectivity index (χ2v) is 5.00. The maximum absolute atomic E-state index is 12.0. The van der Waals surface area contributed by atoms with Crippen molar-refractivity contribution in [3.63, 3.8) is 0 Å². The lowest BCUT2D eigenvalue weighted by molar-refractivity contribution is -0.139. The molecule has 1 amide bonds. The lowest BCUT2D eigenvalue weighted by Crippen LogP contribution is -2.51. The molecule has 0 atom stereocenters. The van der Waals surface area contributed by atoms with E-state index < -0.39 is 17.4 Å². The van der Waals surface area contributed by atoms with E-state index >= 15 is 0 Å². The molecule has 1 saturated carbocycles. The molecule has 0 saturated heterocycles. The summed E-state index contributed by atoms with van der Waals surface area (Å²) in [4.78, 5) is 26.9. The number of amides is 1. The molecule has 19 heavy (non-hydrogen) atoms. The molecule has 7 heteroatoms. The quantitative estimate of drug-likeness (QED) is 0.851. The molecule has 7 nitrogen and oxygen atoms in total. The average molecular weight is 267 g/mol. The van der Waals surface area contributed by atoms with Crippen molar-refractivity contribution in [2.45, 2.75) is 51.0 Å². The van der Waals surface area contributed by atoms with E-state index in [1.807, 2.05) is 0 Å². The van der Waals surface area contributed by atoms with Gasteiger partial charge in [0.15, 0.2) is 0 Å². The summed E-state index contributed by atoms with van der Waals surface area (Å²) in [5.41, 5.74) is -0.685. The van der Waals surface area contributed by atoms with Crippen LogP contribution in [0.3, 0.4) is 0 Å². The third-order valence-corrected chi connectivity index (χ3v) is 3.41. The van der Waals surface area contributed by atoms with Gasteiger partial charge in [0.2, 0.25) is 5.89 Å². The van der Waals surface area contributed by atoms with Gasteiger partial charge in [-0.2, -0.15) is 4.98 Å². The van der Waals surface area contributed by atoms with Crippen LogP contribution in [0, 0.1) is 6.92 Å². The number of carboxylic acid groups (broad SMARTS) is 1. The van der Waals surface area contributed by atoms with Crippen LogP contribution in [0.25, 0.3) is 0 Å². The molecule has 1 heterocycles. The minimum Gasteiger partial charge on any atom is -0.481 e. The zero-order valence-corrected chi connectivity index (χ0v) is 10.8. The number of aryl methyl sites for hydroxylation is 1. The van der Waals surface area contributed by atoms with Gasteiger partial charge in [-0.25, -0.2) is 0 Å². The van der Waals surface area contributed by atoms with Crippen LogP contribution in [0.4, 0.5) is 0 Å². The summed E-state index contributed by atoms with van der Waals surface area (Å²) in [6.45, 7) is 1.59. The van der Waals surface area contributed by atoms with Crippen molar-refractivity contribution >= 4 is 11.9 Å². The first-order valence-corrected chi connectivity index (χ1v) is 6.35. The van der Waals surface area contributed by atoms with Crippen LogP contribution >= 0.6 is 0 Å². The Hall–Kier alpha value is -1.92. The molecular formula is C12H17N3O4. The minimum absolute atomic E-state index is 0.0483. The normalized spacial score (nSPS) is 17.9. The molecule has 0 aliphatic heterocycles. The molecule has 0 unspecified atom stereocenters. The summed E-state index contributed by atoms with van der Waals surface area (Å²) < 4.78 is 4.75. The van der Waals surface area contributed by atoms with Gasteiger partial charge in [-0.3, -0.25) is 9.59 Å². The number of hydrogen-bond acceptors (Lipinski definition) is 5. The smallest absolute Gasteiger partial charge is 0.305 e. The molecule has 2 rings (SSSR count). The summed E-state index contributed by atoms with van der Waals surface area (Å²) in [5.74, 6) is -1.12. The topological polar surface area (TPSA) is 105 Å². The predicted molar refractivity (Wildman–Crippen MR) is 64.6 cm³/mol. The Morgan fingerprint density at radius 2 is 2.05 bits per heavy atom. The van der Waals surface area contributed by atoms with Crippen molar-refractivity contribution in [1.82, 2.24) is 15.5 Å². The van der Waals surface area contributed by atoms with Gasteiger partial charge in [0, 0.05) is 6.92 Å². The number of nitrogens with zero attached hydrogens (tertiary/aromatic N) is 2. The molecule has 1 aromatic rings. The van der Waals surface area contributed by atoms with Gasteiger partial charge in [-0.05, 0) is 12.8 Å². The molecule has 0 bridgehead atoms. The molecule has 1 aromatic heterocycles. The number of nitrogens with one attached hydrogen (secondary N) is 1. The second-order valence-electron chi connectivity index (χ2n) is 5.00. The summed E-state index contributed by atoms with van der Waals surface area (Å²) in [6.07, 6.45) is 4.16. The summed E-state index contributed by atoms with van der Waals surface area (Å²) in [6, 6.07) is 0. The number of carbonyl (C=O) groups is 2. The predicted octanol–water partition coefficient (Wildman–Crippen LogP) is 1.29. The van der Waals surface area contributed by atoms with E-state index in [-0.39, 0.29) is 12.2 Å². The molecule has 0 radical (unpaired) electrons. The van der Waals surface area contributed by atoms with E-state index in [4.69, 9.17) is 9.63 Å². The van der Waals surface area contributed by atoms with Crippen LogP contribution in [0.1, 0.15) is 55.0 Å². The van der Waals surface area contributed by atoms with E-state index in [0.29, 0.717) is 18.7 Å². The fourth-order valence-corrected chi connectivity index (χ4v) is 2.55. The van der Waals surface area contributed by atoms with Crippen molar-refractivity contribution in [1.29, 1.82) is 0 Å². The van der Waals surface area contributed by atoms with Crippen LogP contribution in [0.15, 0.2) is 4.52 Å². The number of carbonyl (C=O) groups excluding carboxylic acids is 1. The Balaban J connectivity index is 2.11. The number of rotatable bonds is 4. The fraction of sp³-hybridized carbons (Fsp3) is 0.667. The number of aromatic nitrogens is 2. The molecule has 1 aliphatic carbocycles. The lowest BCUT2D eigenvalue weighted by atomic mass is 9.79. The molecule has 0 spiro atoms. The first kappa shape index (κ1) is 13.5. The Morgan fingerprint density at radius 1 is 1.37 bits per heavy atom. The highest BCUT2D eigenvalue weighted by Gasteiger charge is 2.36. The van der Waals surface area contributed by atoms with Crippen molar-refractivity contribution in [2.24, 2.45) is 0 Å².